The zero-order valence-electron chi connectivity index (χ0n) is 15.5. The maximum Gasteiger partial charge on any atom is 0.279 e. The van der Waals surface area contributed by atoms with Crippen LogP contribution in [0.4, 0.5) is 0 Å². The highest BCUT2D eigenvalue weighted by atomic mass is 79.9. The molecule has 1 atom stereocenters. The summed E-state index contributed by atoms with van der Waals surface area (Å²) in [4.78, 5) is 24.2. The second-order valence-electron chi connectivity index (χ2n) is 6.02. The average molecular weight is 435 g/mol. The number of carbonyl (C=O) groups is 2. The number of ether oxygens (including phenoxy) is 2. The van der Waals surface area contributed by atoms with Crippen LogP contribution in [0.1, 0.15) is 24.5 Å². The van der Waals surface area contributed by atoms with Crippen molar-refractivity contribution in [3.8, 4) is 11.5 Å². The SMILES string of the molecule is CCC(Oc1ccccc1C)C(=O)NNC(=O)COc1ccc(Br)cc1C. The molecule has 2 N–H and O–H groups in total. The van der Waals surface area contributed by atoms with Crippen LogP contribution in [0.2, 0.25) is 0 Å². The van der Waals surface area contributed by atoms with Crippen molar-refractivity contribution in [3.63, 3.8) is 0 Å². The smallest absolute Gasteiger partial charge is 0.279 e. The van der Waals surface area contributed by atoms with Crippen molar-refractivity contribution in [2.75, 3.05) is 6.61 Å². The van der Waals surface area contributed by atoms with Gasteiger partial charge in [-0.15, -0.1) is 0 Å². The fourth-order valence-corrected chi connectivity index (χ4v) is 2.81. The lowest BCUT2D eigenvalue weighted by molar-refractivity contribution is -0.134. The van der Waals surface area contributed by atoms with Gasteiger partial charge in [-0.1, -0.05) is 41.1 Å². The van der Waals surface area contributed by atoms with E-state index >= 15 is 0 Å². The molecule has 0 aromatic heterocycles. The van der Waals surface area contributed by atoms with Crippen molar-refractivity contribution >= 4 is 27.7 Å². The fraction of sp³-hybridized carbons (Fsp3) is 0.300. The van der Waals surface area contributed by atoms with Gasteiger partial charge in [0.25, 0.3) is 11.8 Å². The van der Waals surface area contributed by atoms with Gasteiger partial charge in [0.1, 0.15) is 11.5 Å². The van der Waals surface area contributed by atoms with E-state index in [4.69, 9.17) is 9.47 Å². The first-order chi connectivity index (χ1) is 12.9. The number of rotatable bonds is 7. The fourth-order valence-electron chi connectivity index (χ4n) is 2.33. The van der Waals surface area contributed by atoms with E-state index in [9.17, 15) is 9.59 Å². The van der Waals surface area contributed by atoms with E-state index in [1.54, 1.807) is 12.1 Å². The maximum atomic E-state index is 12.3. The van der Waals surface area contributed by atoms with Gasteiger partial charge in [-0.3, -0.25) is 20.4 Å². The molecule has 0 bridgehead atoms. The molecular weight excluding hydrogens is 412 g/mol. The van der Waals surface area contributed by atoms with E-state index in [0.717, 1.165) is 15.6 Å². The predicted molar refractivity (Wildman–Crippen MR) is 107 cm³/mol. The van der Waals surface area contributed by atoms with Crippen molar-refractivity contribution in [2.24, 2.45) is 0 Å². The molecule has 2 aromatic rings. The van der Waals surface area contributed by atoms with Crippen LogP contribution in [-0.4, -0.2) is 24.5 Å². The quantitative estimate of drug-likeness (QED) is 0.654. The number of para-hydroxylation sites is 1. The number of hydrazine groups is 1. The summed E-state index contributed by atoms with van der Waals surface area (Å²) in [7, 11) is 0. The molecule has 2 rings (SSSR count). The minimum absolute atomic E-state index is 0.210. The molecule has 0 aliphatic rings. The van der Waals surface area contributed by atoms with E-state index < -0.39 is 17.9 Å². The normalized spacial score (nSPS) is 11.4. The Bertz CT molecular complexity index is 810. The summed E-state index contributed by atoms with van der Waals surface area (Å²) in [5.74, 6) is 0.360. The van der Waals surface area contributed by atoms with Gasteiger partial charge in [0.2, 0.25) is 0 Å². The van der Waals surface area contributed by atoms with Gasteiger partial charge in [0.15, 0.2) is 12.7 Å². The zero-order valence-corrected chi connectivity index (χ0v) is 17.1. The number of carbonyl (C=O) groups excluding carboxylic acids is 2. The van der Waals surface area contributed by atoms with Crippen LogP contribution in [0.25, 0.3) is 0 Å². The highest BCUT2D eigenvalue weighted by Crippen LogP contribution is 2.22. The Morgan fingerprint density at radius 2 is 1.78 bits per heavy atom. The molecule has 0 aliphatic carbocycles. The Labute approximate surface area is 167 Å². The van der Waals surface area contributed by atoms with Crippen LogP contribution in [0, 0.1) is 13.8 Å². The number of hydrogen-bond donors (Lipinski definition) is 2. The van der Waals surface area contributed by atoms with Crippen LogP contribution in [0.15, 0.2) is 46.9 Å². The lowest BCUT2D eigenvalue weighted by atomic mass is 10.2. The molecule has 1 unspecified atom stereocenters. The van der Waals surface area contributed by atoms with Crippen LogP contribution < -0.4 is 20.3 Å². The molecular formula is C20H23BrN2O4. The summed E-state index contributed by atoms with van der Waals surface area (Å²) in [5.41, 5.74) is 6.57. The summed E-state index contributed by atoms with van der Waals surface area (Å²) in [5, 5.41) is 0. The van der Waals surface area contributed by atoms with Gasteiger partial charge >= 0.3 is 0 Å². The summed E-state index contributed by atoms with van der Waals surface area (Å²) in [6, 6.07) is 12.9. The first-order valence-corrected chi connectivity index (χ1v) is 9.40. The number of amides is 2. The van der Waals surface area contributed by atoms with Gasteiger partial charge < -0.3 is 9.47 Å². The Kier molecular flexibility index (Phi) is 7.67. The van der Waals surface area contributed by atoms with Gasteiger partial charge in [-0.05, 0) is 55.7 Å². The van der Waals surface area contributed by atoms with E-state index in [1.165, 1.54) is 0 Å². The molecule has 0 saturated carbocycles. The third-order valence-electron chi connectivity index (χ3n) is 3.85. The predicted octanol–water partition coefficient (Wildman–Crippen LogP) is 3.45. The number of aryl methyl sites for hydroxylation is 2. The Balaban J connectivity index is 1.82. The average Bonchev–Trinajstić information content (AvgIpc) is 2.64. The highest BCUT2D eigenvalue weighted by Gasteiger charge is 2.19. The minimum Gasteiger partial charge on any atom is -0.483 e. The lowest BCUT2D eigenvalue weighted by Gasteiger charge is -2.18. The standard InChI is InChI=1S/C20H23BrN2O4/c1-4-16(27-18-8-6-5-7-13(18)2)20(25)23-22-19(24)12-26-17-10-9-15(21)11-14(17)3/h5-11,16H,4,12H2,1-3H3,(H,22,24)(H,23,25). The van der Waals surface area contributed by atoms with Crippen molar-refractivity contribution in [3.05, 3.63) is 58.1 Å². The van der Waals surface area contributed by atoms with Gasteiger partial charge in [-0.2, -0.15) is 0 Å². The lowest BCUT2D eigenvalue weighted by Crippen LogP contribution is -2.49. The second-order valence-corrected chi connectivity index (χ2v) is 6.93. The van der Waals surface area contributed by atoms with Crippen LogP contribution in [0.3, 0.4) is 0 Å². The van der Waals surface area contributed by atoms with Gasteiger partial charge in [-0.25, -0.2) is 0 Å². The molecule has 0 spiro atoms. The highest BCUT2D eigenvalue weighted by molar-refractivity contribution is 9.10. The molecule has 0 aliphatic heterocycles. The van der Waals surface area contributed by atoms with Crippen LogP contribution in [0.5, 0.6) is 11.5 Å². The number of hydrogen-bond acceptors (Lipinski definition) is 4. The first kappa shape index (κ1) is 20.8. The molecule has 2 amide bonds. The van der Waals surface area contributed by atoms with Crippen LogP contribution in [-0.2, 0) is 9.59 Å². The number of halogens is 1. The van der Waals surface area contributed by atoms with Crippen molar-refractivity contribution in [1.82, 2.24) is 10.9 Å². The summed E-state index contributed by atoms with van der Waals surface area (Å²) >= 11 is 3.37. The first-order valence-electron chi connectivity index (χ1n) is 8.60. The number of benzene rings is 2. The Morgan fingerprint density at radius 1 is 1.04 bits per heavy atom. The molecule has 0 fully saturated rings. The van der Waals surface area contributed by atoms with Gasteiger partial charge in [0.05, 0.1) is 0 Å². The van der Waals surface area contributed by atoms with Crippen LogP contribution >= 0.6 is 15.9 Å². The Hall–Kier alpha value is -2.54. The summed E-state index contributed by atoms with van der Waals surface area (Å²) in [6.07, 6.45) is -0.244. The molecule has 0 saturated heterocycles. The van der Waals surface area contributed by atoms with Crippen molar-refractivity contribution in [1.29, 1.82) is 0 Å². The van der Waals surface area contributed by atoms with E-state index in [-0.39, 0.29) is 6.61 Å². The molecule has 2 aromatic carbocycles. The maximum absolute atomic E-state index is 12.3. The van der Waals surface area contributed by atoms with E-state index in [0.29, 0.717) is 17.9 Å². The van der Waals surface area contributed by atoms with Gasteiger partial charge in [0, 0.05) is 4.47 Å². The van der Waals surface area contributed by atoms with Crippen molar-refractivity contribution < 1.29 is 19.1 Å². The molecule has 0 heterocycles. The number of nitrogens with one attached hydrogen (secondary N) is 2. The molecule has 6 nitrogen and oxygen atoms in total. The minimum atomic E-state index is -0.707. The Morgan fingerprint density at radius 3 is 2.44 bits per heavy atom. The molecule has 7 heteroatoms. The molecule has 0 radical (unpaired) electrons. The summed E-state index contributed by atoms with van der Waals surface area (Å²) < 4.78 is 12.1. The topological polar surface area (TPSA) is 76.7 Å². The summed E-state index contributed by atoms with van der Waals surface area (Å²) in [6.45, 7) is 5.42. The van der Waals surface area contributed by atoms with Crippen molar-refractivity contribution in [2.45, 2.75) is 33.3 Å². The molecule has 27 heavy (non-hydrogen) atoms. The third kappa shape index (κ3) is 6.29. The second kappa shape index (κ2) is 9.97. The molecule has 144 valence electrons. The van der Waals surface area contributed by atoms with E-state index in [2.05, 4.69) is 26.8 Å². The van der Waals surface area contributed by atoms with E-state index in [1.807, 2.05) is 51.1 Å². The largest absolute Gasteiger partial charge is 0.483 e. The third-order valence-corrected chi connectivity index (χ3v) is 4.34. The zero-order chi connectivity index (χ0) is 19.8. The monoisotopic (exact) mass is 434 g/mol.